The number of benzene rings is 2. The zero-order valence-electron chi connectivity index (χ0n) is 17.3. The van der Waals surface area contributed by atoms with Gasteiger partial charge in [-0.25, -0.2) is 9.59 Å². The average Bonchev–Trinajstić information content (AvgIpc) is 3.29. The topological polar surface area (TPSA) is 103 Å². The summed E-state index contributed by atoms with van der Waals surface area (Å²) in [6.45, 7) is 5.14. The number of ether oxygens (including phenoxy) is 1. The van der Waals surface area contributed by atoms with Crippen molar-refractivity contribution in [3.05, 3.63) is 79.2 Å². The highest BCUT2D eigenvalue weighted by molar-refractivity contribution is 5.92. The van der Waals surface area contributed by atoms with Gasteiger partial charge in [-0.2, -0.15) is 0 Å². The number of carbonyl (C=O) groups excluding carboxylic acids is 1. The molecule has 8 heteroatoms. The minimum absolute atomic E-state index is 0.0916. The molecule has 1 aliphatic rings. The fraction of sp³-hybridized carbons (Fsp3) is 0.304. The molecule has 31 heavy (non-hydrogen) atoms. The molecule has 0 unspecified atom stereocenters. The van der Waals surface area contributed by atoms with Crippen LogP contribution in [-0.2, 0) is 11.3 Å². The number of nitro groups is 1. The first-order valence-corrected chi connectivity index (χ1v) is 10.1. The van der Waals surface area contributed by atoms with Crippen LogP contribution < -0.4 is 10.5 Å². The second kappa shape index (κ2) is 8.22. The van der Waals surface area contributed by atoms with Gasteiger partial charge in [0.15, 0.2) is 0 Å². The summed E-state index contributed by atoms with van der Waals surface area (Å²) in [6, 6.07) is 9.40. The summed E-state index contributed by atoms with van der Waals surface area (Å²) in [6.07, 6.45) is 1.97. The minimum Gasteiger partial charge on any atom is -0.457 e. The lowest BCUT2D eigenvalue weighted by Crippen LogP contribution is -2.19. The van der Waals surface area contributed by atoms with Gasteiger partial charge < -0.3 is 14.1 Å². The summed E-state index contributed by atoms with van der Waals surface area (Å²) in [4.78, 5) is 37.6. The number of carbonyl (C=O) groups is 1. The van der Waals surface area contributed by atoms with Crippen molar-refractivity contribution in [1.82, 2.24) is 0 Å². The number of anilines is 1. The monoisotopic (exact) mass is 422 g/mol. The van der Waals surface area contributed by atoms with Crippen molar-refractivity contribution in [2.45, 2.75) is 33.3 Å². The van der Waals surface area contributed by atoms with Crippen molar-refractivity contribution in [3.63, 3.8) is 0 Å². The van der Waals surface area contributed by atoms with Gasteiger partial charge in [-0.05, 0) is 49.9 Å². The number of hydrogen-bond acceptors (Lipinski definition) is 7. The van der Waals surface area contributed by atoms with Crippen molar-refractivity contribution in [2.75, 3.05) is 18.0 Å². The van der Waals surface area contributed by atoms with Gasteiger partial charge in [-0.1, -0.05) is 12.1 Å². The van der Waals surface area contributed by atoms with Crippen molar-refractivity contribution in [3.8, 4) is 0 Å². The Morgan fingerprint density at radius 1 is 1.16 bits per heavy atom. The van der Waals surface area contributed by atoms with E-state index in [0.29, 0.717) is 22.2 Å². The van der Waals surface area contributed by atoms with E-state index in [2.05, 4.69) is 0 Å². The summed E-state index contributed by atoms with van der Waals surface area (Å²) in [7, 11) is 0. The van der Waals surface area contributed by atoms with Crippen LogP contribution >= 0.6 is 0 Å². The molecule has 0 aliphatic carbocycles. The predicted octanol–water partition coefficient (Wildman–Crippen LogP) is 4.28. The maximum atomic E-state index is 12.6. The summed E-state index contributed by atoms with van der Waals surface area (Å²) < 4.78 is 10.7. The van der Waals surface area contributed by atoms with E-state index in [9.17, 15) is 19.7 Å². The van der Waals surface area contributed by atoms with Crippen LogP contribution in [0.5, 0.6) is 0 Å². The highest BCUT2D eigenvalue weighted by atomic mass is 16.6. The number of fused-ring (bicyclic) bond motifs is 1. The molecule has 8 nitrogen and oxygen atoms in total. The molecule has 3 aromatic rings. The smallest absolute Gasteiger partial charge is 0.338 e. The Bertz CT molecular complexity index is 1240. The van der Waals surface area contributed by atoms with Gasteiger partial charge in [0.1, 0.15) is 17.9 Å². The Hall–Kier alpha value is -3.68. The number of rotatable bonds is 5. The van der Waals surface area contributed by atoms with Gasteiger partial charge in [-0.3, -0.25) is 10.1 Å². The zero-order chi connectivity index (χ0) is 22.1. The van der Waals surface area contributed by atoms with Crippen molar-refractivity contribution in [2.24, 2.45) is 0 Å². The molecular weight excluding hydrogens is 400 g/mol. The second-order valence-electron chi connectivity index (χ2n) is 7.71. The largest absolute Gasteiger partial charge is 0.457 e. The van der Waals surface area contributed by atoms with E-state index in [1.54, 1.807) is 6.07 Å². The molecule has 1 aliphatic heterocycles. The molecule has 1 aromatic heterocycles. The van der Waals surface area contributed by atoms with Crippen LogP contribution in [0, 0.1) is 24.0 Å². The third-order valence-electron chi connectivity index (χ3n) is 5.73. The Labute approximate surface area is 178 Å². The van der Waals surface area contributed by atoms with Crippen LogP contribution in [0.3, 0.4) is 0 Å². The van der Waals surface area contributed by atoms with Crippen molar-refractivity contribution in [1.29, 1.82) is 0 Å². The van der Waals surface area contributed by atoms with Gasteiger partial charge in [0, 0.05) is 36.2 Å². The van der Waals surface area contributed by atoms with Crippen LogP contribution in [0.1, 0.15) is 39.9 Å². The maximum absolute atomic E-state index is 12.6. The molecule has 0 radical (unpaired) electrons. The lowest BCUT2D eigenvalue weighted by Gasteiger charge is -2.17. The third kappa shape index (κ3) is 4.01. The molecular formula is C23H22N2O6. The fourth-order valence-electron chi connectivity index (χ4n) is 3.89. The van der Waals surface area contributed by atoms with Gasteiger partial charge in [-0.15, -0.1) is 0 Å². The first-order valence-electron chi connectivity index (χ1n) is 10.1. The Morgan fingerprint density at radius 3 is 2.61 bits per heavy atom. The molecule has 4 rings (SSSR count). The van der Waals surface area contributed by atoms with E-state index in [4.69, 9.17) is 9.15 Å². The number of nitro benzene ring substituents is 1. The summed E-state index contributed by atoms with van der Waals surface area (Å²) in [5.74, 6) is -0.693. The lowest BCUT2D eigenvalue weighted by atomic mass is 10.0. The molecule has 0 amide bonds. The summed E-state index contributed by atoms with van der Waals surface area (Å²) >= 11 is 0. The molecule has 160 valence electrons. The highest BCUT2D eigenvalue weighted by Crippen LogP contribution is 2.32. The summed E-state index contributed by atoms with van der Waals surface area (Å²) in [5, 5.41) is 12.2. The highest BCUT2D eigenvalue weighted by Gasteiger charge is 2.24. The molecule has 0 N–H and O–H groups in total. The Kier molecular flexibility index (Phi) is 5.46. The van der Waals surface area contributed by atoms with E-state index in [-0.39, 0.29) is 17.9 Å². The predicted molar refractivity (Wildman–Crippen MR) is 116 cm³/mol. The van der Waals surface area contributed by atoms with Crippen LogP contribution in [0.2, 0.25) is 0 Å². The second-order valence-corrected chi connectivity index (χ2v) is 7.71. The molecule has 1 saturated heterocycles. The molecule has 0 bridgehead atoms. The lowest BCUT2D eigenvalue weighted by molar-refractivity contribution is -0.384. The van der Waals surface area contributed by atoms with Crippen LogP contribution in [0.25, 0.3) is 11.0 Å². The molecule has 1 fully saturated rings. The Balaban J connectivity index is 1.59. The maximum Gasteiger partial charge on any atom is 0.338 e. The standard InChI is InChI=1S/C23H22N2O6/c1-14-5-7-18-17(12-21(26)31-22(18)15(14)2)13-30-23(27)16-6-8-19(20(11-16)25(28)29)24-9-3-4-10-24/h5-8,11-12H,3-4,9-10,13H2,1-2H3. The molecule has 2 heterocycles. The van der Waals surface area contributed by atoms with E-state index in [1.165, 1.54) is 18.2 Å². The molecule has 2 aromatic carbocycles. The first-order chi connectivity index (χ1) is 14.8. The SMILES string of the molecule is Cc1ccc2c(COC(=O)c3ccc(N4CCCC4)c([N+](=O)[O-])c3)cc(=O)oc2c1C. The van der Waals surface area contributed by atoms with E-state index in [0.717, 1.165) is 37.1 Å². The average molecular weight is 422 g/mol. The first kappa shape index (κ1) is 20.6. The molecule has 0 saturated carbocycles. The van der Waals surface area contributed by atoms with Gasteiger partial charge in [0.25, 0.3) is 5.69 Å². The van der Waals surface area contributed by atoms with Gasteiger partial charge in [0.2, 0.25) is 0 Å². The molecule has 0 atom stereocenters. The quantitative estimate of drug-likeness (QED) is 0.262. The van der Waals surface area contributed by atoms with E-state index in [1.807, 2.05) is 30.9 Å². The van der Waals surface area contributed by atoms with Crippen LogP contribution in [-0.4, -0.2) is 24.0 Å². The van der Waals surface area contributed by atoms with Crippen molar-refractivity contribution >= 4 is 28.3 Å². The van der Waals surface area contributed by atoms with Gasteiger partial charge in [0.05, 0.1) is 10.5 Å². The van der Waals surface area contributed by atoms with Crippen LogP contribution in [0.15, 0.2) is 45.6 Å². The number of esters is 1. The third-order valence-corrected chi connectivity index (χ3v) is 5.73. The number of aryl methyl sites for hydroxylation is 2. The van der Waals surface area contributed by atoms with E-state index < -0.39 is 16.5 Å². The summed E-state index contributed by atoms with van der Waals surface area (Å²) in [5.41, 5.74) is 2.76. The van der Waals surface area contributed by atoms with Crippen molar-refractivity contribution < 1.29 is 18.9 Å². The van der Waals surface area contributed by atoms with E-state index >= 15 is 0 Å². The van der Waals surface area contributed by atoms with Gasteiger partial charge >= 0.3 is 11.6 Å². The minimum atomic E-state index is -0.693. The Morgan fingerprint density at radius 2 is 1.90 bits per heavy atom. The fourth-order valence-corrected chi connectivity index (χ4v) is 3.89. The number of nitrogens with zero attached hydrogens (tertiary/aromatic N) is 2. The molecule has 0 spiro atoms. The zero-order valence-corrected chi connectivity index (χ0v) is 17.3. The normalized spacial score (nSPS) is 13.5. The van der Waals surface area contributed by atoms with Crippen LogP contribution in [0.4, 0.5) is 11.4 Å². The number of hydrogen-bond donors (Lipinski definition) is 0.